The van der Waals surface area contributed by atoms with Crippen molar-refractivity contribution in [3.05, 3.63) is 107 Å². The zero-order chi connectivity index (χ0) is 27.6. The summed E-state index contributed by atoms with van der Waals surface area (Å²) in [6, 6.07) is 18.9. The van der Waals surface area contributed by atoms with Gasteiger partial charge in [0.25, 0.3) is 6.43 Å². The number of hydrogen-bond donors (Lipinski definition) is 2. The highest BCUT2D eigenvalue weighted by Gasteiger charge is 2.23. The molecule has 198 valence electrons. The smallest absolute Gasteiger partial charge is 0.281 e. The maximum Gasteiger partial charge on any atom is 0.281 e. The van der Waals surface area contributed by atoms with Gasteiger partial charge in [0.1, 0.15) is 11.5 Å². The zero-order valence-corrected chi connectivity index (χ0v) is 22.1. The number of imidazole rings is 1. The minimum Gasteiger partial charge on any atom is -0.768 e. The second kappa shape index (κ2) is 11.4. The highest BCUT2D eigenvalue weighted by molar-refractivity contribution is 7.79. The lowest BCUT2D eigenvalue weighted by Gasteiger charge is -2.29. The van der Waals surface area contributed by atoms with Crippen molar-refractivity contribution in [1.29, 1.82) is 0 Å². The average Bonchev–Trinajstić information content (AvgIpc) is 3.30. The van der Waals surface area contributed by atoms with Gasteiger partial charge in [-0.15, -0.1) is 0 Å². The Morgan fingerprint density at radius 1 is 1.13 bits per heavy atom. The molecule has 1 aromatic heterocycles. The summed E-state index contributed by atoms with van der Waals surface area (Å²) in [5.74, 6) is 6.76. The molecule has 3 aromatic carbocycles. The standard InChI is InChI=1S/C27H26ClF2N5O2S/c1-16(18-6-9-21(28)10-7-18)26(14-31)35(32)25-13-20(19-4-3-5-22(12-19)38(36)37)8-11-24(25)34-15-23(27(29)30)33-17(34)2/h3-16,27H,31-32H2,1-2H3,(H,36,37)/p-1/b26-14-. The first kappa shape index (κ1) is 27.5. The quantitative estimate of drug-likeness (QED) is 0.157. The van der Waals surface area contributed by atoms with Crippen LogP contribution < -0.4 is 16.6 Å². The van der Waals surface area contributed by atoms with Gasteiger partial charge in [-0.05, 0) is 71.1 Å². The molecule has 0 aliphatic heterocycles. The fourth-order valence-electron chi connectivity index (χ4n) is 4.22. The molecule has 4 rings (SSSR count). The van der Waals surface area contributed by atoms with Gasteiger partial charge in [-0.2, -0.15) is 0 Å². The van der Waals surface area contributed by atoms with Gasteiger partial charge >= 0.3 is 0 Å². The molecule has 0 aliphatic carbocycles. The van der Waals surface area contributed by atoms with Gasteiger partial charge in [-0.3, -0.25) is 9.22 Å². The Morgan fingerprint density at radius 3 is 2.42 bits per heavy atom. The minimum absolute atomic E-state index is 0.128. The molecule has 4 N–H and O–H groups in total. The molecule has 11 heteroatoms. The second-order valence-corrected chi connectivity index (χ2v) is 9.96. The van der Waals surface area contributed by atoms with Crippen LogP contribution in [0.3, 0.4) is 0 Å². The summed E-state index contributed by atoms with van der Waals surface area (Å²) in [4.78, 5) is 4.12. The van der Waals surface area contributed by atoms with Crippen LogP contribution in [0.2, 0.25) is 5.02 Å². The van der Waals surface area contributed by atoms with E-state index >= 15 is 0 Å². The van der Waals surface area contributed by atoms with Crippen LogP contribution in [0.15, 0.2) is 89.7 Å². The van der Waals surface area contributed by atoms with E-state index < -0.39 is 17.5 Å². The van der Waals surface area contributed by atoms with Gasteiger partial charge in [0, 0.05) is 28.2 Å². The number of rotatable bonds is 8. The van der Waals surface area contributed by atoms with E-state index in [9.17, 15) is 17.5 Å². The SMILES string of the molecule is Cc1nc(C(F)F)cn1-c1ccc(-c2cccc(S(=O)[O-])c2)cc1N(N)/C(=C\N)C(C)c1ccc(Cl)cc1. The topological polar surface area (TPSA) is 113 Å². The van der Waals surface area contributed by atoms with Crippen LogP contribution in [0.25, 0.3) is 16.8 Å². The predicted octanol–water partition coefficient (Wildman–Crippen LogP) is 5.96. The van der Waals surface area contributed by atoms with Crippen molar-refractivity contribution in [2.24, 2.45) is 11.6 Å². The van der Waals surface area contributed by atoms with Gasteiger partial charge in [0.2, 0.25) is 0 Å². The number of aromatic nitrogens is 2. The lowest BCUT2D eigenvalue weighted by molar-refractivity contribution is 0.146. The highest BCUT2D eigenvalue weighted by Crippen LogP contribution is 2.36. The molecule has 38 heavy (non-hydrogen) atoms. The van der Waals surface area contributed by atoms with Crippen LogP contribution in [0.5, 0.6) is 0 Å². The third-order valence-corrected chi connectivity index (χ3v) is 7.13. The van der Waals surface area contributed by atoms with Crippen molar-refractivity contribution in [2.75, 3.05) is 5.01 Å². The van der Waals surface area contributed by atoms with Crippen LogP contribution in [0, 0.1) is 6.92 Å². The van der Waals surface area contributed by atoms with Crippen molar-refractivity contribution < 1.29 is 17.5 Å². The lowest BCUT2D eigenvalue weighted by Crippen LogP contribution is -2.34. The van der Waals surface area contributed by atoms with E-state index in [1.54, 1.807) is 49.4 Å². The molecule has 0 saturated carbocycles. The Morgan fingerprint density at radius 2 is 1.82 bits per heavy atom. The number of anilines is 1. The Labute approximate surface area is 226 Å². The van der Waals surface area contributed by atoms with Gasteiger partial charge in [-0.1, -0.05) is 48.9 Å². The van der Waals surface area contributed by atoms with Gasteiger partial charge in [0.05, 0.1) is 17.1 Å². The molecule has 2 unspecified atom stereocenters. The van der Waals surface area contributed by atoms with Crippen LogP contribution in [-0.2, 0) is 11.1 Å². The first-order valence-corrected chi connectivity index (χ1v) is 13.0. The first-order chi connectivity index (χ1) is 18.1. The third-order valence-electron chi connectivity index (χ3n) is 6.24. The predicted molar refractivity (Wildman–Crippen MR) is 145 cm³/mol. The van der Waals surface area contributed by atoms with Crippen molar-refractivity contribution in [3.8, 4) is 16.8 Å². The normalized spacial score (nSPS) is 13.5. The van der Waals surface area contributed by atoms with E-state index in [4.69, 9.17) is 23.2 Å². The molecule has 0 spiro atoms. The fraction of sp³-hybridized carbons (Fsp3) is 0.148. The monoisotopic (exact) mass is 556 g/mol. The molecule has 0 saturated heterocycles. The van der Waals surface area contributed by atoms with E-state index in [-0.39, 0.29) is 16.5 Å². The van der Waals surface area contributed by atoms with E-state index in [0.29, 0.717) is 39.0 Å². The average molecular weight is 557 g/mol. The maximum atomic E-state index is 13.4. The van der Waals surface area contributed by atoms with E-state index in [0.717, 1.165) is 5.56 Å². The van der Waals surface area contributed by atoms with Gasteiger partial charge in [0.15, 0.2) is 0 Å². The molecule has 0 bridgehead atoms. The molecule has 2 atom stereocenters. The highest BCUT2D eigenvalue weighted by atomic mass is 35.5. The number of nitrogens with two attached hydrogens (primary N) is 2. The number of halogens is 3. The molecule has 1 heterocycles. The zero-order valence-electron chi connectivity index (χ0n) is 20.5. The summed E-state index contributed by atoms with van der Waals surface area (Å²) in [6.45, 7) is 3.54. The number of hydrazine groups is 1. The summed E-state index contributed by atoms with van der Waals surface area (Å²) >= 11 is 3.64. The van der Waals surface area contributed by atoms with Crippen LogP contribution >= 0.6 is 11.6 Å². The molecule has 0 fully saturated rings. The summed E-state index contributed by atoms with van der Waals surface area (Å²) in [6.07, 6.45) is -0.0867. The molecular formula is C27H25ClF2N5O2S-. The number of aryl methyl sites for hydroxylation is 1. The molecule has 7 nitrogen and oxygen atoms in total. The third kappa shape index (κ3) is 5.63. The number of alkyl halides is 2. The molecule has 0 radical (unpaired) electrons. The van der Waals surface area contributed by atoms with Crippen molar-refractivity contribution >= 4 is 28.4 Å². The van der Waals surface area contributed by atoms with E-state index in [1.165, 1.54) is 34.1 Å². The molecule has 0 aliphatic rings. The summed E-state index contributed by atoms with van der Waals surface area (Å²) in [7, 11) is 0. The Hall–Kier alpha value is -3.57. The van der Waals surface area contributed by atoms with Crippen molar-refractivity contribution in [2.45, 2.75) is 31.1 Å². The lowest BCUT2D eigenvalue weighted by atomic mass is 9.97. The molecular weight excluding hydrogens is 532 g/mol. The fourth-order valence-corrected chi connectivity index (χ4v) is 4.76. The summed E-state index contributed by atoms with van der Waals surface area (Å²) in [5.41, 5.74) is 9.34. The summed E-state index contributed by atoms with van der Waals surface area (Å²) in [5, 5.41) is 1.99. The Bertz CT molecular complexity index is 1510. The van der Waals surface area contributed by atoms with Crippen molar-refractivity contribution in [3.63, 3.8) is 0 Å². The number of benzene rings is 3. The van der Waals surface area contributed by atoms with E-state index in [2.05, 4.69) is 4.98 Å². The molecule has 0 amide bonds. The number of nitrogens with zero attached hydrogens (tertiary/aromatic N) is 3. The minimum atomic E-state index is -2.74. The largest absolute Gasteiger partial charge is 0.768 e. The van der Waals surface area contributed by atoms with Crippen LogP contribution in [-0.4, -0.2) is 18.3 Å². The Kier molecular flexibility index (Phi) is 8.27. The maximum absolute atomic E-state index is 13.4. The second-order valence-electron chi connectivity index (χ2n) is 8.58. The summed E-state index contributed by atoms with van der Waals surface area (Å²) < 4.78 is 51.4. The Balaban J connectivity index is 1.87. The van der Waals surface area contributed by atoms with Crippen LogP contribution in [0.4, 0.5) is 14.5 Å². The van der Waals surface area contributed by atoms with Crippen molar-refractivity contribution in [1.82, 2.24) is 9.55 Å². The van der Waals surface area contributed by atoms with Crippen LogP contribution in [0.1, 0.15) is 36.3 Å². The number of allylic oxidation sites excluding steroid dienone is 1. The van der Waals surface area contributed by atoms with Gasteiger partial charge < -0.3 is 14.9 Å². The molecule has 4 aromatic rings. The van der Waals surface area contributed by atoms with E-state index in [1.807, 2.05) is 19.1 Å². The van der Waals surface area contributed by atoms with Gasteiger partial charge in [-0.25, -0.2) is 19.6 Å². The first-order valence-electron chi connectivity index (χ1n) is 11.5. The number of hydrogen-bond acceptors (Lipinski definition) is 6.